The van der Waals surface area contributed by atoms with Gasteiger partial charge < -0.3 is 10.3 Å². The van der Waals surface area contributed by atoms with Gasteiger partial charge in [0.2, 0.25) is 0 Å². The maximum atomic E-state index is 13.7. The van der Waals surface area contributed by atoms with E-state index in [2.05, 4.69) is 0 Å². The molecule has 0 spiro atoms. The number of nitrogens with two attached hydrogens (primary N) is 1. The molecule has 1 aromatic heterocycles. The van der Waals surface area contributed by atoms with Crippen molar-refractivity contribution in [3.05, 3.63) is 35.8 Å². The maximum absolute atomic E-state index is 13.7. The predicted octanol–water partition coefficient (Wildman–Crippen LogP) is 2.57. The van der Waals surface area contributed by atoms with Crippen LogP contribution < -0.4 is 5.73 Å². The molecule has 3 rings (SSSR count). The minimum Gasteiger partial charge on any atom is -0.341 e. The Morgan fingerprint density at radius 1 is 1.40 bits per heavy atom. The van der Waals surface area contributed by atoms with Gasteiger partial charge in [-0.05, 0) is 25.0 Å². The van der Waals surface area contributed by atoms with E-state index in [1.807, 2.05) is 16.7 Å². The highest BCUT2D eigenvalue weighted by Gasteiger charge is 2.20. The first-order valence-electron chi connectivity index (χ1n) is 5.30. The first kappa shape index (κ1) is 8.92. The van der Waals surface area contributed by atoms with Gasteiger partial charge in [0.25, 0.3) is 0 Å². The summed E-state index contributed by atoms with van der Waals surface area (Å²) in [7, 11) is 0. The Morgan fingerprint density at radius 3 is 3.13 bits per heavy atom. The Morgan fingerprint density at radius 2 is 2.27 bits per heavy atom. The summed E-state index contributed by atoms with van der Waals surface area (Å²) >= 11 is 0. The Hall–Kier alpha value is -1.35. The zero-order chi connectivity index (χ0) is 10.4. The fourth-order valence-corrected chi connectivity index (χ4v) is 2.46. The summed E-state index contributed by atoms with van der Waals surface area (Å²) in [6.45, 7) is 0.882. The number of halogens is 1. The van der Waals surface area contributed by atoms with Gasteiger partial charge in [-0.15, -0.1) is 0 Å². The molecule has 0 radical (unpaired) electrons. The average Bonchev–Trinajstić information content (AvgIpc) is 2.59. The second kappa shape index (κ2) is 3.07. The lowest BCUT2D eigenvalue weighted by Gasteiger charge is -2.21. The minimum atomic E-state index is -0.146. The van der Waals surface area contributed by atoms with Gasteiger partial charge >= 0.3 is 0 Å². The summed E-state index contributed by atoms with van der Waals surface area (Å²) in [6.07, 6.45) is 2.03. The number of fused-ring (bicyclic) bond motifs is 3. The van der Waals surface area contributed by atoms with Crippen molar-refractivity contribution in [2.45, 2.75) is 25.4 Å². The third-order valence-corrected chi connectivity index (χ3v) is 3.18. The SMILES string of the molecule is NC1CCCn2c1cc1cccc(F)c12. The van der Waals surface area contributed by atoms with Crippen LogP contribution in [0, 0.1) is 5.82 Å². The zero-order valence-corrected chi connectivity index (χ0v) is 8.41. The molecule has 0 aliphatic carbocycles. The molecule has 0 fully saturated rings. The van der Waals surface area contributed by atoms with E-state index in [9.17, 15) is 4.39 Å². The van der Waals surface area contributed by atoms with Crippen LogP contribution in [0.5, 0.6) is 0 Å². The third-order valence-electron chi connectivity index (χ3n) is 3.18. The van der Waals surface area contributed by atoms with Gasteiger partial charge in [0.05, 0.1) is 5.52 Å². The number of aromatic nitrogens is 1. The maximum Gasteiger partial charge on any atom is 0.147 e. The van der Waals surface area contributed by atoms with Crippen LogP contribution in [0.2, 0.25) is 0 Å². The molecular weight excluding hydrogens is 191 g/mol. The van der Waals surface area contributed by atoms with Gasteiger partial charge in [-0.25, -0.2) is 4.39 Å². The summed E-state index contributed by atoms with van der Waals surface area (Å²) in [6, 6.07) is 7.27. The van der Waals surface area contributed by atoms with Crippen LogP contribution in [0.1, 0.15) is 24.6 Å². The molecule has 1 unspecified atom stereocenters. The normalized spacial score (nSPS) is 20.5. The van der Waals surface area contributed by atoms with Crippen LogP contribution in [-0.4, -0.2) is 4.57 Å². The number of hydrogen-bond donors (Lipinski definition) is 1. The molecule has 1 aliphatic heterocycles. The molecule has 2 heterocycles. The molecule has 2 aromatic rings. The lowest BCUT2D eigenvalue weighted by molar-refractivity contribution is 0.467. The Kier molecular flexibility index (Phi) is 1.83. The van der Waals surface area contributed by atoms with Crippen LogP contribution >= 0.6 is 0 Å². The largest absolute Gasteiger partial charge is 0.341 e. The zero-order valence-electron chi connectivity index (χ0n) is 8.41. The molecule has 1 atom stereocenters. The molecule has 3 heteroatoms. The highest BCUT2D eigenvalue weighted by molar-refractivity contribution is 5.82. The van der Waals surface area contributed by atoms with E-state index in [-0.39, 0.29) is 11.9 Å². The molecular formula is C12H13FN2. The highest BCUT2D eigenvalue weighted by Crippen LogP contribution is 2.31. The fraction of sp³-hybridized carbons (Fsp3) is 0.333. The van der Waals surface area contributed by atoms with E-state index in [1.165, 1.54) is 6.07 Å². The van der Waals surface area contributed by atoms with Gasteiger partial charge in [-0.2, -0.15) is 0 Å². The van der Waals surface area contributed by atoms with Gasteiger partial charge in [0.1, 0.15) is 5.82 Å². The Balaban J connectivity index is 2.36. The Bertz CT molecular complexity index is 516. The smallest absolute Gasteiger partial charge is 0.147 e. The number of hydrogen-bond acceptors (Lipinski definition) is 1. The quantitative estimate of drug-likeness (QED) is 0.702. The lowest BCUT2D eigenvalue weighted by Crippen LogP contribution is -2.21. The fourth-order valence-electron chi connectivity index (χ4n) is 2.46. The van der Waals surface area contributed by atoms with Crippen molar-refractivity contribution in [3.8, 4) is 0 Å². The topological polar surface area (TPSA) is 30.9 Å². The summed E-state index contributed by atoms with van der Waals surface area (Å²) in [5.74, 6) is -0.146. The number of rotatable bonds is 0. The molecule has 2 nitrogen and oxygen atoms in total. The van der Waals surface area contributed by atoms with E-state index < -0.39 is 0 Å². The van der Waals surface area contributed by atoms with Crippen molar-refractivity contribution >= 4 is 10.9 Å². The molecule has 0 bridgehead atoms. The highest BCUT2D eigenvalue weighted by atomic mass is 19.1. The van der Waals surface area contributed by atoms with E-state index in [4.69, 9.17) is 5.73 Å². The van der Waals surface area contributed by atoms with E-state index in [0.29, 0.717) is 5.52 Å². The van der Waals surface area contributed by atoms with Gasteiger partial charge in [-0.3, -0.25) is 0 Å². The molecule has 1 aliphatic rings. The molecule has 15 heavy (non-hydrogen) atoms. The summed E-state index contributed by atoms with van der Waals surface area (Å²) < 4.78 is 15.7. The lowest BCUT2D eigenvalue weighted by atomic mass is 10.1. The summed E-state index contributed by atoms with van der Waals surface area (Å²) in [5.41, 5.74) is 7.80. The van der Waals surface area contributed by atoms with Gasteiger partial charge in [-0.1, -0.05) is 12.1 Å². The van der Waals surface area contributed by atoms with Crippen molar-refractivity contribution in [1.82, 2.24) is 4.57 Å². The van der Waals surface area contributed by atoms with E-state index >= 15 is 0 Å². The van der Waals surface area contributed by atoms with Crippen molar-refractivity contribution in [3.63, 3.8) is 0 Å². The van der Waals surface area contributed by atoms with Crippen molar-refractivity contribution in [2.75, 3.05) is 0 Å². The first-order valence-corrected chi connectivity index (χ1v) is 5.30. The Labute approximate surface area is 87.5 Å². The van der Waals surface area contributed by atoms with Gasteiger partial charge in [0.15, 0.2) is 0 Å². The number of nitrogens with zero attached hydrogens (tertiary/aromatic N) is 1. The molecule has 78 valence electrons. The summed E-state index contributed by atoms with van der Waals surface area (Å²) in [4.78, 5) is 0. The van der Waals surface area contributed by atoms with Crippen LogP contribution in [0.4, 0.5) is 4.39 Å². The number of benzene rings is 1. The van der Waals surface area contributed by atoms with Gasteiger partial charge in [0, 0.05) is 23.7 Å². The monoisotopic (exact) mass is 204 g/mol. The van der Waals surface area contributed by atoms with Crippen molar-refractivity contribution in [2.24, 2.45) is 5.73 Å². The molecule has 2 N–H and O–H groups in total. The van der Waals surface area contributed by atoms with Crippen LogP contribution in [0.15, 0.2) is 24.3 Å². The van der Waals surface area contributed by atoms with Crippen molar-refractivity contribution in [1.29, 1.82) is 0 Å². The second-order valence-electron chi connectivity index (χ2n) is 4.15. The third kappa shape index (κ3) is 1.20. The average molecular weight is 204 g/mol. The second-order valence-corrected chi connectivity index (χ2v) is 4.15. The minimum absolute atomic E-state index is 0.0607. The van der Waals surface area contributed by atoms with Crippen molar-refractivity contribution < 1.29 is 4.39 Å². The summed E-state index contributed by atoms with van der Waals surface area (Å²) in [5, 5.41) is 0.961. The number of aryl methyl sites for hydroxylation is 1. The van der Waals surface area contributed by atoms with E-state index in [1.54, 1.807) is 6.07 Å². The van der Waals surface area contributed by atoms with Crippen LogP contribution in [0.25, 0.3) is 10.9 Å². The molecule has 0 amide bonds. The number of para-hydroxylation sites is 1. The predicted molar refractivity (Wildman–Crippen MR) is 58.1 cm³/mol. The molecule has 0 saturated heterocycles. The standard InChI is InChI=1S/C12H13FN2/c13-9-4-1-3-8-7-11-10(14)5-2-6-15(11)12(8)9/h1,3-4,7,10H,2,5-6,14H2. The van der Waals surface area contributed by atoms with Crippen LogP contribution in [-0.2, 0) is 6.54 Å². The molecule has 0 saturated carbocycles. The first-order chi connectivity index (χ1) is 7.27. The van der Waals surface area contributed by atoms with E-state index in [0.717, 1.165) is 30.5 Å². The molecule has 1 aromatic carbocycles. The van der Waals surface area contributed by atoms with Crippen LogP contribution in [0.3, 0.4) is 0 Å².